The Morgan fingerprint density at radius 2 is 2.30 bits per heavy atom. The molecule has 20 heavy (non-hydrogen) atoms. The molecule has 1 aliphatic rings. The molecule has 0 spiro atoms. The maximum Gasteiger partial charge on any atom is 0.0794 e. The van der Waals surface area contributed by atoms with Crippen molar-refractivity contribution in [2.75, 3.05) is 27.2 Å². The molecule has 0 radical (unpaired) electrons. The number of hydrogen-bond donors (Lipinski definition) is 2. The summed E-state index contributed by atoms with van der Waals surface area (Å²) in [6.07, 6.45) is 4.24. The van der Waals surface area contributed by atoms with E-state index in [1.165, 1.54) is 34.3 Å². The van der Waals surface area contributed by atoms with Gasteiger partial charge < -0.3 is 9.88 Å². The van der Waals surface area contributed by atoms with Gasteiger partial charge in [0, 0.05) is 29.7 Å². The van der Waals surface area contributed by atoms with E-state index in [2.05, 4.69) is 53.1 Å². The lowest BCUT2D eigenvalue weighted by atomic mass is 10.0. The third-order valence-corrected chi connectivity index (χ3v) is 4.37. The van der Waals surface area contributed by atoms with Crippen LogP contribution in [0.3, 0.4) is 0 Å². The molecule has 0 amide bonds. The zero-order valence-corrected chi connectivity index (χ0v) is 12.8. The van der Waals surface area contributed by atoms with Gasteiger partial charge >= 0.3 is 0 Å². The van der Waals surface area contributed by atoms with Crippen molar-refractivity contribution in [1.82, 2.24) is 14.6 Å². The SMILES string of the molecule is CN(C)CCc1c[nH]c2ccc(C[C@H]3COSN3)cc12. The fourth-order valence-electron chi connectivity index (χ4n) is 2.54. The predicted molar refractivity (Wildman–Crippen MR) is 84.7 cm³/mol. The maximum absolute atomic E-state index is 5.28. The Kier molecular flexibility index (Phi) is 4.31. The maximum atomic E-state index is 5.28. The Morgan fingerprint density at radius 3 is 3.05 bits per heavy atom. The molecule has 5 heteroatoms. The molecule has 2 aromatic rings. The number of rotatable bonds is 5. The summed E-state index contributed by atoms with van der Waals surface area (Å²) >= 11 is 1.36. The number of aromatic amines is 1. The number of fused-ring (bicyclic) bond motifs is 1. The minimum Gasteiger partial charge on any atom is -0.361 e. The van der Waals surface area contributed by atoms with Crippen LogP contribution in [0.15, 0.2) is 24.4 Å². The van der Waals surface area contributed by atoms with Gasteiger partial charge in [-0.05, 0) is 50.2 Å². The highest BCUT2D eigenvalue weighted by Gasteiger charge is 2.16. The Hall–Kier alpha value is -1.01. The van der Waals surface area contributed by atoms with E-state index in [1.54, 1.807) is 0 Å². The van der Waals surface area contributed by atoms with E-state index < -0.39 is 0 Å². The third kappa shape index (κ3) is 3.17. The Bertz CT molecular complexity index is 576. The lowest BCUT2D eigenvalue weighted by molar-refractivity contribution is 0.369. The zero-order valence-electron chi connectivity index (χ0n) is 12.0. The van der Waals surface area contributed by atoms with E-state index in [4.69, 9.17) is 4.18 Å². The summed E-state index contributed by atoms with van der Waals surface area (Å²) in [5.41, 5.74) is 4.00. The van der Waals surface area contributed by atoms with Crippen LogP contribution < -0.4 is 4.72 Å². The van der Waals surface area contributed by atoms with Crippen LogP contribution >= 0.6 is 12.2 Å². The lowest BCUT2D eigenvalue weighted by Crippen LogP contribution is -2.22. The highest BCUT2D eigenvalue weighted by molar-refractivity contribution is 7.92. The summed E-state index contributed by atoms with van der Waals surface area (Å²) in [7, 11) is 4.23. The van der Waals surface area contributed by atoms with Crippen LogP contribution in [0.4, 0.5) is 0 Å². The van der Waals surface area contributed by atoms with Gasteiger partial charge in [0.2, 0.25) is 0 Å². The van der Waals surface area contributed by atoms with E-state index in [0.29, 0.717) is 6.04 Å². The summed E-state index contributed by atoms with van der Waals surface area (Å²) < 4.78 is 8.57. The second kappa shape index (κ2) is 6.18. The quantitative estimate of drug-likeness (QED) is 0.655. The van der Waals surface area contributed by atoms with Crippen molar-refractivity contribution in [2.45, 2.75) is 18.9 Å². The highest BCUT2D eigenvalue weighted by atomic mass is 32.2. The smallest absolute Gasteiger partial charge is 0.0794 e. The van der Waals surface area contributed by atoms with E-state index in [9.17, 15) is 0 Å². The fourth-order valence-corrected chi connectivity index (χ4v) is 3.13. The monoisotopic (exact) mass is 291 g/mol. The van der Waals surface area contributed by atoms with Gasteiger partial charge in [0.05, 0.1) is 18.8 Å². The molecule has 108 valence electrons. The largest absolute Gasteiger partial charge is 0.361 e. The predicted octanol–water partition coefficient (Wildman–Crippen LogP) is 2.37. The standard InChI is InChI=1S/C15H21N3OS/c1-18(2)6-5-12-9-16-15-4-3-11(8-14(12)15)7-13-10-19-20-17-13/h3-4,8-9,13,16-17H,5-7,10H2,1-2H3/t13-/m0/s1. The molecular weight excluding hydrogens is 270 g/mol. The van der Waals surface area contributed by atoms with Gasteiger partial charge in [-0.3, -0.25) is 4.18 Å². The van der Waals surface area contributed by atoms with Crippen LogP contribution in [-0.2, 0) is 17.0 Å². The highest BCUT2D eigenvalue weighted by Crippen LogP contribution is 2.22. The Labute approximate surface area is 124 Å². The fraction of sp³-hybridized carbons (Fsp3) is 0.467. The molecule has 1 aliphatic heterocycles. The zero-order chi connectivity index (χ0) is 13.9. The molecule has 0 aliphatic carbocycles. The molecule has 2 N–H and O–H groups in total. The van der Waals surface area contributed by atoms with Gasteiger partial charge in [-0.2, -0.15) is 0 Å². The van der Waals surface area contributed by atoms with Crippen molar-refractivity contribution in [1.29, 1.82) is 0 Å². The minimum absolute atomic E-state index is 0.418. The van der Waals surface area contributed by atoms with E-state index in [1.807, 2.05) is 0 Å². The first-order valence-corrected chi connectivity index (χ1v) is 7.74. The second-order valence-corrected chi connectivity index (χ2v) is 6.27. The summed E-state index contributed by atoms with van der Waals surface area (Å²) in [6, 6.07) is 7.13. The van der Waals surface area contributed by atoms with Gasteiger partial charge in [0.1, 0.15) is 0 Å². The van der Waals surface area contributed by atoms with Gasteiger partial charge in [0.25, 0.3) is 0 Å². The van der Waals surface area contributed by atoms with Gasteiger partial charge in [-0.1, -0.05) is 6.07 Å². The van der Waals surface area contributed by atoms with Crippen molar-refractivity contribution >= 4 is 23.1 Å². The van der Waals surface area contributed by atoms with E-state index in [-0.39, 0.29) is 0 Å². The summed E-state index contributed by atoms with van der Waals surface area (Å²) in [5, 5.41) is 1.36. The van der Waals surface area contributed by atoms with Crippen LogP contribution in [0.1, 0.15) is 11.1 Å². The van der Waals surface area contributed by atoms with Crippen LogP contribution in [-0.4, -0.2) is 43.2 Å². The average molecular weight is 291 g/mol. The third-order valence-electron chi connectivity index (χ3n) is 3.69. The molecule has 0 unspecified atom stereocenters. The molecule has 1 fully saturated rings. The average Bonchev–Trinajstić information content (AvgIpc) is 3.05. The number of aromatic nitrogens is 1. The minimum atomic E-state index is 0.418. The molecule has 1 saturated heterocycles. The van der Waals surface area contributed by atoms with E-state index >= 15 is 0 Å². The van der Waals surface area contributed by atoms with E-state index in [0.717, 1.165) is 26.0 Å². The summed E-state index contributed by atoms with van der Waals surface area (Å²) in [4.78, 5) is 5.59. The summed E-state index contributed by atoms with van der Waals surface area (Å²) in [5.74, 6) is 0. The number of nitrogens with zero attached hydrogens (tertiary/aromatic N) is 1. The van der Waals surface area contributed by atoms with Crippen LogP contribution in [0.5, 0.6) is 0 Å². The molecule has 1 aromatic carbocycles. The molecule has 0 saturated carbocycles. The second-order valence-electron chi connectivity index (χ2n) is 5.63. The van der Waals surface area contributed by atoms with Crippen LogP contribution in [0.2, 0.25) is 0 Å². The van der Waals surface area contributed by atoms with Gasteiger partial charge in [-0.15, -0.1) is 0 Å². The number of hydrogen-bond acceptors (Lipinski definition) is 4. The Balaban J connectivity index is 1.78. The molecule has 1 atom stereocenters. The number of H-pyrrole nitrogens is 1. The summed E-state index contributed by atoms with van der Waals surface area (Å²) in [6.45, 7) is 1.86. The number of benzene rings is 1. The van der Waals surface area contributed by atoms with Crippen LogP contribution in [0, 0.1) is 0 Å². The molecule has 2 heterocycles. The first kappa shape index (κ1) is 13.9. The van der Waals surface area contributed by atoms with Crippen molar-refractivity contribution < 1.29 is 4.18 Å². The first-order valence-electron chi connectivity index (χ1n) is 7.00. The van der Waals surface area contributed by atoms with Crippen LogP contribution in [0.25, 0.3) is 10.9 Å². The van der Waals surface area contributed by atoms with Gasteiger partial charge in [-0.25, -0.2) is 4.72 Å². The molecule has 1 aromatic heterocycles. The Morgan fingerprint density at radius 1 is 1.40 bits per heavy atom. The molecule has 3 rings (SSSR count). The molecule has 4 nitrogen and oxygen atoms in total. The molecular formula is C15H21N3OS. The number of likely N-dealkylation sites (N-methyl/N-ethyl adjacent to an activating group) is 1. The topological polar surface area (TPSA) is 40.3 Å². The first-order chi connectivity index (χ1) is 9.72. The van der Waals surface area contributed by atoms with Crippen molar-refractivity contribution in [3.05, 3.63) is 35.5 Å². The normalized spacial score (nSPS) is 19.2. The lowest BCUT2D eigenvalue weighted by Gasteiger charge is -2.09. The van der Waals surface area contributed by atoms with Crippen molar-refractivity contribution in [3.63, 3.8) is 0 Å². The van der Waals surface area contributed by atoms with Crippen molar-refractivity contribution in [2.24, 2.45) is 0 Å². The number of nitrogens with one attached hydrogen (secondary N) is 2. The molecule has 0 bridgehead atoms. The van der Waals surface area contributed by atoms with Gasteiger partial charge in [0.15, 0.2) is 0 Å². The van der Waals surface area contributed by atoms with Crippen molar-refractivity contribution in [3.8, 4) is 0 Å².